The van der Waals surface area contributed by atoms with Gasteiger partial charge in [-0.3, -0.25) is 9.10 Å². The highest BCUT2D eigenvalue weighted by Crippen LogP contribution is 2.30. The van der Waals surface area contributed by atoms with Crippen molar-refractivity contribution in [2.75, 3.05) is 37.4 Å². The number of hydrogen-bond donors (Lipinski definition) is 1. The molecule has 0 aromatic heterocycles. The number of nitrogens with zero attached hydrogens (tertiary/aromatic N) is 1. The molecule has 0 atom stereocenters. The Labute approximate surface area is 186 Å². The molecule has 1 N–H and O–H groups in total. The van der Waals surface area contributed by atoms with Crippen molar-refractivity contribution in [3.63, 3.8) is 0 Å². The van der Waals surface area contributed by atoms with E-state index in [0.29, 0.717) is 36.0 Å². The number of carbonyl (C=O) groups excluding carboxylic acids is 1. The maximum atomic E-state index is 12.1. The van der Waals surface area contributed by atoms with Gasteiger partial charge in [0.2, 0.25) is 15.9 Å². The molecule has 2 aromatic carbocycles. The van der Waals surface area contributed by atoms with Crippen molar-refractivity contribution in [3.8, 4) is 11.5 Å². The van der Waals surface area contributed by atoms with Crippen molar-refractivity contribution >= 4 is 44.8 Å². The average molecular weight is 475 g/mol. The molecule has 0 aliphatic rings. The van der Waals surface area contributed by atoms with E-state index in [4.69, 9.17) is 32.7 Å². The van der Waals surface area contributed by atoms with Crippen molar-refractivity contribution < 1.29 is 22.7 Å². The molecule has 0 aliphatic carbocycles. The van der Waals surface area contributed by atoms with E-state index in [2.05, 4.69) is 5.32 Å². The van der Waals surface area contributed by atoms with Gasteiger partial charge in [-0.1, -0.05) is 23.2 Å². The molecule has 7 nitrogen and oxygen atoms in total. The van der Waals surface area contributed by atoms with E-state index in [1.807, 2.05) is 0 Å². The molecule has 0 unspecified atom stereocenters. The normalized spacial score (nSPS) is 11.1. The third-order valence-electron chi connectivity index (χ3n) is 4.10. The minimum atomic E-state index is -3.56. The monoisotopic (exact) mass is 474 g/mol. The van der Waals surface area contributed by atoms with Crippen molar-refractivity contribution in [3.05, 3.63) is 52.5 Å². The Morgan fingerprint density at radius 1 is 1.10 bits per heavy atom. The van der Waals surface area contributed by atoms with E-state index in [-0.39, 0.29) is 23.9 Å². The zero-order chi connectivity index (χ0) is 22.1. The molecule has 0 saturated heterocycles. The number of benzene rings is 2. The van der Waals surface area contributed by atoms with E-state index >= 15 is 0 Å². The van der Waals surface area contributed by atoms with Crippen LogP contribution in [0.25, 0.3) is 0 Å². The highest BCUT2D eigenvalue weighted by molar-refractivity contribution is 7.92. The van der Waals surface area contributed by atoms with Gasteiger partial charge in [0.1, 0.15) is 18.1 Å². The largest absolute Gasteiger partial charge is 0.497 e. The minimum absolute atomic E-state index is 0.121. The van der Waals surface area contributed by atoms with Crippen LogP contribution in [0.3, 0.4) is 0 Å². The lowest BCUT2D eigenvalue weighted by Crippen LogP contribution is -2.33. The Balaban J connectivity index is 1.77. The number of hydrogen-bond acceptors (Lipinski definition) is 5. The van der Waals surface area contributed by atoms with Crippen LogP contribution in [0.5, 0.6) is 11.5 Å². The van der Waals surface area contributed by atoms with Crippen LogP contribution in [0.4, 0.5) is 5.69 Å². The van der Waals surface area contributed by atoms with Gasteiger partial charge < -0.3 is 14.8 Å². The summed E-state index contributed by atoms with van der Waals surface area (Å²) in [5.41, 5.74) is 0.330. The van der Waals surface area contributed by atoms with Crippen molar-refractivity contribution in [1.29, 1.82) is 0 Å². The SMILES string of the molecule is COc1ccc(OCCNC(=O)CCCN(c2ccc(Cl)cc2Cl)S(C)(=O)=O)cc1. The molecule has 0 bridgehead atoms. The summed E-state index contributed by atoms with van der Waals surface area (Å²) in [6.45, 7) is 0.771. The Morgan fingerprint density at radius 3 is 2.37 bits per heavy atom. The Morgan fingerprint density at radius 2 is 1.77 bits per heavy atom. The summed E-state index contributed by atoms with van der Waals surface area (Å²) in [6.07, 6.45) is 1.59. The first kappa shape index (κ1) is 24.1. The summed E-state index contributed by atoms with van der Waals surface area (Å²) in [6, 6.07) is 11.7. The predicted octanol–water partition coefficient (Wildman–Crippen LogP) is 3.74. The van der Waals surface area contributed by atoms with Crippen LogP contribution in [0.1, 0.15) is 12.8 Å². The van der Waals surface area contributed by atoms with Crippen molar-refractivity contribution in [2.24, 2.45) is 0 Å². The number of ether oxygens (including phenoxy) is 2. The molecular weight excluding hydrogens is 451 g/mol. The average Bonchev–Trinajstić information content (AvgIpc) is 2.69. The van der Waals surface area contributed by atoms with Crippen LogP contribution < -0.4 is 19.1 Å². The van der Waals surface area contributed by atoms with Gasteiger partial charge in [-0.25, -0.2) is 8.42 Å². The summed E-state index contributed by atoms with van der Waals surface area (Å²) in [5, 5.41) is 3.39. The van der Waals surface area contributed by atoms with Gasteiger partial charge in [0.05, 0.1) is 30.6 Å². The van der Waals surface area contributed by atoms with Crippen molar-refractivity contribution in [1.82, 2.24) is 5.32 Å². The lowest BCUT2D eigenvalue weighted by molar-refractivity contribution is -0.121. The molecule has 0 radical (unpaired) electrons. The summed E-state index contributed by atoms with van der Waals surface area (Å²) in [5.74, 6) is 1.22. The van der Waals surface area contributed by atoms with Crippen LogP contribution in [0.15, 0.2) is 42.5 Å². The van der Waals surface area contributed by atoms with E-state index < -0.39 is 10.0 Å². The molecule has 0 fully saturated rings. The number of amides is 1. The zero-order valence-electron chi connectivity index (χ0n) is 16.7. The van der Waals surface area contributed by atoms with E-state index in [1.54, 1.807) is 43.5 Å². The lowest BCUT2D eigenvalue weighted by atomic mass is 10.2. The second-order valence-corrected chi connectivity index (χ2v) is 9.16. The molecule has 2 aromatic rings. The standard InChI is InChI=1S/C20H24Cl2N2O5S/c1-28-16-6-8-17(9-7-16)29-13-11-23-20(25)4-3-12-24(30(2,26)27)19-10-5-15(21)14-18(19)22/h5-10,14H,3-4,11-13H2,1-2H3,(H,23,25). The Bertz CT molecular complexity index is 952. The summed E-state index contributed by atoms with van der Waals surface area (Å²) in [4.78, 5) is 12.0. The van der Waals surface area contributed by atoms with Gasteiger partial charge >= 0.3 is 0 Å². The molecule has 2 rings (SSSR count). The summed E-state index contributed by atoms with van der Waals surface area (Å²) >= 11 is 12.0. The number of halogens is 2. The number of methoxy groups -OCH3 is 1. The Kier molecular flexibility index (Phi) is 9.08. The Hall–Kier alpha value is -2.16. The van der Waals surface area contributed by atoms with E-state index in [0.717, 1.165) is 12.0 Å². The smallest absolute Gasteiger partial charge is 0.232 e. The van der Waals surface area contributed by atoms with E-state index in [1.165, 1.54) is 10.4 Å². The topological polar surface area (TPSA) is 84.9 Å². The lowest BCUT2D eigenvalue weighted by Gasteiger charge is -2.23. The fraction of sp³-hybridized carbons (Fsp3) is 0.350. The number of sulfonamides is 1. The molecule has 0 spiro atoms. The van der Waals surface area contributed by atoms with Crippen LogP contribution in [0.2, 0.25) is 10.0 Å². The maximum Gasteiger partial charge on any atom is 0.232 e. The van der Waals surface area contributed by atoms with Gasteiger partial charge in [0.25, 0.3) is 0 Å². The molecule has 164 valence electrons. The second-order valence-electron chi connectivity index (χ2n) is 6.41. The van der Waals surface area contributed by atoms with Crippen LogP contribution in [0, 0.1) is 0 Å². The molecule has 1 amide bonds. The van der Waals surface area contributed by atoms with Crippen molar-refractivity contribution in [2.45, 2.75) is 12.8 Å². The molecule has 30 heavy (non-hydrogen) atoms. The first-order chi connectivity index (χ1) is 14.2. The zero-order valence-corrected chi connectivity index (χ0v) is 19.1. The fourth-order valence-electron chi connectivity index (χ4n) is 2.65. The van der Waals surface area contributed by atoms with E-state index in [9.17, 15) is 13.2 Å². The summed E-state index contributed by atoms with van der Waals surface area (Å²) in [7, 11) is -1.97. The number of nitrogens with one attached hydrogen (secondary N) is 1. The van der Waals surface area contributed by atoms with Gasteiger partial charge in [-0.05, 0) is 48.9 Å². The minimum Gasteiger partial charge on any atom is -0.497 e. The highest BCUT2D eigenvalue weighted by Gasteiger charge is 2.20. The number of rotatable bonds is 11. The summed E-state index contributed by atoms with van der Waals surface area (Å²) < 4.78 is 36.1. The van der Waals surface area contributed by atoms with Gasteiger partial charge in [0.15, 0.2) is 0 Å². The first-order valence-corrected chi connectivity index (χ1v) is 11.8. The molecule has 0 heterocycles. The van der Waals surface area contributed by atoms with Crippen LogP contribution in [-0.4, -0.2) is 47.4 Å². The first-order valence-electron chi connectivity index (χ1n) is 9.17. The number of anilines is 1. The maximum absolute atomic E-state index is 12.1. The van der Waals surface area contributed by atoms with Crippen LogP contribution in [-0.2, 0) is 14.8 Å². The van der Waals surface area contributed by atoms with Gasteiger partial charge in [-0.15, -0.1) is 0 Å². The molecule has 0 aliphatic heterocycles. The third kappa shape index (κ3) is 7.59. The molecule has 0 saturated carbocycles. The third-order valence-corrected chi connectivity index (χ3v) is 5.81. The molecular formula is C20H24Cl2N2O5S. The molecule has 10 heteroatoms. The number of carbonyl (C=O) groups is 1. The quantitative estimate of drug-likeness (QED) is 0.501. The van der Waals surface area contributed by atoms with Gasteiger partial charge in [0, 0.05) is 18.0 Å². The van der Waals surface area contributed by atoms with Gasteiger partial charge in [-0.2, -0.15) is 0 Å². The highest BCUT2D eigenvalue weighted by atomic mass is 35.5. The predicted molar refractivity (Wildman–Crippen MR) is 119 cm³/mol. The second kappa shape index (κ2) is 11.3. The van der Waals surface area contributed by atoms with Crippen LogP contribution >= 0.6 is 23.2 Å². The fourth-order valence-corrected chi connectivity index (χ4v) is 4.19.